The molecule has 0 radical (unpaired) electrons. The predicted octanol–water partition coefficient (Wildman–Crippen LogP) is 1.02. The zero-order chi connectivity index (χ0) is 9.84. The highest BCUT2D eigenvalue weighted by Crippen LogP contribution is 1.98. The Labute approximate surface area is 83.3 Å². The number of amides is 1. The molecule has 1 amide bonds. The second-order valence-electron chi connectivity index (χ2n) is 2.34. The first kappa shape index (κ1) is 9.91. The normalized spacial score (nSPS) is 9.69. The molecule has 0 aliphatic rings. The van der Waals surface area contributed by atoms with E-state index in [0.717, 1.165) is 0 Å². The molecule has 6 heteroatoms. The number of carbonyl (C=O) groups excluding carboxylic acids is 1. The van der Waals surface area contributed by atoms with E-state index in [0.29, 0.717) is 16.9 Å². The Kier molecular flexibility index (Phi) is 3.18. The molecule has 0 unspecified atom stereocenters. The lowest BCUT2D eigenvalue weighted by atomic mass is 10.5. The number of rotatable bonds is 3. The number of hydrogen-bond acceptors (Lipinski definition) is 4. The van der Waals surface area contributed by atoms with Gasteiger partial charge in [0.1, 0.15) is 0 Å². The molecule has 1 aromatic rings. The van der Waals surface area contributed by atoms with E-state index in [1.54, 1.807) is 6.92 Å². The first-order valence-corrected chi connectivity index (χ1v) is 4.30. The van der Waals surface area contributed by atoms with Crippen LogP contribution in [0.5, 0.6) is 0 Å². The Morgan fingerprint density at radius 3 is 2.92 bits per heavy atom. The van der Waals surface area contributed by atoms with Crippen LogP contribution in [-0.4, -0.2) is 22.6 Å². The molecule has 0 fully saturated rings. The van der Waals surface area contributed by atoms with Crippen molar-refractivity contribution < 1.29 is 9.32 Å². The van der Waals surface area contributed by atoms with Gasteiger partial charge in [0, 0.05) is 18.0 Å². The molecule has 5 nitrogen and oxygen atoms in total. The van der Waals surface area contributed by atoms with Gasteiger partial charge in [0.15, 0.2) is 0 Å². The van der Waals surface area contributed by atoms with E-state index in [1.807, 2.05) is 0 Å². The molecule has 0 aliphatic heterocycles. The molecule has 1 aromatic heterocycles. The third-order valence-corrected chi connectivity index (χ3v) is 1.45. The molecule has 70 valence electrons. The molecular weight excluding hydrogens is 238 g/mol. The molecule has 1 heterocycles. The molecule has 0 bridgehead atoms. The monoisotopic (exact) mass is 245 g/mol. The summed E-state index contributed by atoms with van der Waals surface area (Å²) >= 11 is 3.11. The van der Waals surface area contributed by atoms with Gasteiger partial charge in [-0.2, -0.15) is 4.98 Å². The predicted molar refractivity (Wildman–Crippen MR) is 49.4 cm³/mol. The van der Waals surface area contributed by atoms with Crippen LogP contribution in [0, 0.1) is 6.92 Å². The number of halogens is 1. The lowest BCUT2D eigenvalue weighted by Crippen LogP contribution is -2.25. The highest BCUT2D eigenvalue weighted by molar-refractivity contribution is 9.11. The van der Waals surface area contributed by atoms with Crippen molar-refractivity contribution in [3.8, 4) is 0 Å². The van der Waals surface area contributed by atoms with E-state index in [2.05, 4.69) is 42.5 Å². The first-order chi connectivity index (χ1) is 6.09. The van der Waals surface area contributed by atoms with Gasteiger partial charge >= 0.3 is 0 Å². The van der Waals surface area contributed by atoms with Crippen LogP contribution in [0.15, 0.2) is 15.6 Å². The van der Waals surface area contributed by atoms with Crippen molar-refractivity contribution in [3.05, 3.63) is 22.8 Å². The fourth-order valence-corrected chi connectivity index (χ4v) is 0.787. The minimum atomic E-state index is -0.377. The van der Waals surface area contributed by atoms with E-state index in [1.165, 1.54) is 0 Å². The van der Waals surface area contributed by atoms with E-state index < -0.39 is 0 Å². The van der Waals surface area contributed by atoms with Crippen molar-refractivity contribution in [1.29, 1.82) is 0 Å². The Balaban J connectivity index is 2.54. The van der Waals surface area contributed by atoms with Gasteiger partial charge in [-0.15, -0.1) is 0 Å². The number of aryl methyl sites for hydroxylation is 1. The summed E-state index contributed by atoms with van der Waals surface area (Å²) in [6.07, 6.45) is 0. The number of nitrogens with one attached hydrogen (secondary N) is 1. The molecule has 1 N–H and O–H groups in total. The van der Waals surface area contributed by atoms with Gasteiger partial charge in [0.25, 0.3) is 11.7 Å². The van der Waals surface area contributed by atoms with Gasteiger partial charge in [-0.05, 0) is 0 Å². The summed E-state index contributed by atoms with van der Waals surface area (Å²) in [5.74, 6) is 0.0199. The largest absolute Gasteiger partial charge is 0.345 e. The molecule has 1 rings (SSSR count). The van der Waals surface area contributed by atoms with Crippen LogP contribution in [0.3, 0.4) is 0 Å². The van der Waals surface area contributed by atoms with Crippen LogP contribution >= 0.6 is 15.9 Å². The van der Waals surface area contributed by atoms with Gasteiger partial charge in [-0.25, -0.2) is 0 Å². The quantitative estimate of drug-likeness (QED) is 0.864. The van der Waals surface area contributed by atoms with Crippen LogP contribution in [-0.2, 0) is 0 Å². The molecule has 0 saturated carbocycles. The van der Waals surface area contributed by atoms with Crippen molar-refractivity contribution in [2.45, 2.75) is 6.92 Å². The van der Waals surface area contributed by atoms with Gasteiger partial charge in [0.05, 0.1) is 0 Å². The van der Waals surface area contributed by atoms with Crippen molar-refractivity contribution in [2.24, 2.45) is 0 Å². The molecule has 13 heavy (non-hydrogen) atoms. The number of nitrogens with zero attached hydrogens (tertiary/aromatic N) is 2. The fraction of sp³-hybridized carbons (Fsp3) is 0.286. The minimum absolute atomic E-state index is 0.0336. The van der Waals surface area contributed by atoms with Crippen LogP contribution in [0.4, 0.5) is 0 Å². The molecule has 0 aliphatic carbocycles. The third kappa shape index (κ3) is 2.98. The zero-order valence-electron chi connectivity index (χ0n) is 7.00. The average molecular weight is 246 g/mol. The van der Waals surface area contributed by atoms with Crippen molar-refractivity contribution in [1.82, 2.24) is 15.5 Å². The molecule has 0 atom stereocenters. The molecule has 0 aromatic carbocycles. The summed E-state index contributed by atoms with van der Waals surface area (Å²) in [6.45, 7) is 5.52. The highest BCUT2D eigenvalue weighted by atomic mass is 79.9. The molecule has 0 spiro atoms. The van der Waals surface area contributed by atoms with Gasteiger partial charge in [-0.1, -0.05) is 27.7 Å². The Hall–Kier alpha value is -1.17. The molecule has 0 saturated heterocycles. The fourth-order valence-electron chi connectivity index (χ4n) is 0.647. The standard InChI is InChI=1S/C7H8BrN3O2/c1-4(8)3-9-7(12)6-10-5(2)13-11-6/h1,3H2,2H3,(H,9,12). The number of hydrogen-bond donors (Lipinski definition) is 1. The zero-order valence-corrected chi connectivity index (χ0v) is 8.59. The summed E-state index contributed by atoms with van der Waals surface area (Å²) in [5.41, 5.74) is 0. The average Bonchev–Trinajstić information content (AvgIpc) is 2.47. The van der Waals surface area contributed by atoms with Crippen molar-refractivity contribution in [2.75, 3.05) is 6.54 Å². The maximum absolute atomic E-state index is 11.2. The third-order valence-electron chi connectivity index (χ3n) is 1.17. The van der Waals surface area contributed by atoms with E-state index in [4.69, 9.17) is 0 Å². The van der Waals surface area contributed by atoms with Crippen molar-refractivity contribution >= 4 is 21.8 Å². The number of carbonyl (C=O) groups is 1. The van der Waals surface area contributed by atoms with E-state index in [9.17, 15) is 4.79 Å². The van der Waals surface area contributed by atoms with Crippen molar-refractivity contribution in [3.63, 3.8) is 0 Å². The van der Waals surface area contributed by atoms with Crippen LogP contribution in [0.1, 0.15) is 16.5 Å². The summed E-state index contributed by atoms with van der Waals surface area (Å²) in [5, 5.41) is 5.99. The summed E-state index contributed by atoms with van der Waals surface area (Å²) in [4.78, 5) is 15.0. The lowest BCUT2D eigenvalue weighted by molar-refractivity contribution is 0.0944. The maximum atomic E-state index is 11.2. The Morgan fingerprint density at radius 1 is 1.77 bits per heavy atom. The SMILES string of the molecule is C=C(Br)CNC(=O)c1noc(C)n1. The van der Waals surface area contributed by atoms with Crippen LogP contribution in [0.2, 0.25) is 0 Å². The topological polar surface area (TPSA) is 68.0 Å². The second kappa shape index (κ2) is 4.18. The van der Waals surface area contributed by atoms with E-state index in [-0.39, 0.29) is 11.7 Å². The first-order valence-electron chi connectivity index (χ1n) is 3.51. The number of aromatic nitrogens is 2. The summed E-state index contributed by atoms with van der Waals surface area (Å²) < 4.78 is 5.32. The Bertz CT molecular complexity index is 334. The summed E-state index contributed by atoms with van der Waals surface area (Å²) in [7, 11) is 0. The lowest BCUT2D eigenvalue weighted by Gasteiger charge is -1.98. The molecular formula is C7H8BrN3O2. The van der Waals surface area contributed by atoms with Crippen LogP contribution < -0.4 is 5.32 Å². The Morgan fingerprint density at radius 2 is 2.46 bits per heavy atom. The van der Waals surface area contributed by atoms with Crippen LogP contribution in [0.25, 0.3) is 0 Å². The smallest absolute Gasteiger partial charge is 0.292 e. The second-order valence-corrected chi connectivity index (χ2v) is 3.46. The maximum Gasteiger partial charge on any atom is 0.292 e. The van der Waals surface area contributed by atoms with Gasteiger partial charge in [0.2, 0.25) is 5.89 Å². The summed E-state index contributed by atoms with van der Waals surface area (Å²) in [6, 6.07) is 0. The highest BCUT2D eigenvalue weighted by Gasteiger charge is 2.11. The van der Waals surface area contributed by atoms with Gasteiger partial charge < -0.3 is 9.84 Å². The van der Waals surface area contributed by atoms with E-state index >= 15 is 0 Å². The minimum Gasteiger partial charge on any atom is -0.345 e. The van der Waals surface area contributed by atoms with Gasteiger partial charge in [-0.3, -0.25) is 4.79 Å².